The monoisotopic (exact) mass is 439 g/mol. The first-order chi connectivity index (χ1) is 16.1. The second kappa shape index (κ2) is 8.90. The minimum absolute atomic E-state index is 0.0286. The van der Waals surface area contributed by atoms with E-state index >= 15 is 0 Å². The molecule has 33 heavy (non-hydrogen) atoms. The zero-order chi connectivity index (χ0) is 22.8. The Labute approximate surface area is 192 Å². The Morgan fingerprint density at radius 1 is 0.909 bits per heavy atom. The third kappa shape index (κ3) is 4.37. The highest BCUT2D eigenvalue weighted by Gasteiger charge is 2.31. The second-order valence-electron chi connectivity index (χ2n) is 8.48. The highest BCUT2D eigenvalue weighted by atomic mass is 16.3. The second-order valence-corrected chi connectivity index (χ2v) is 8.48. The number of hydrogen-bond donors (Lipinski definition) is 1. The number of rotatable bonds is 5. The lowest BCUT2D eigenvalue weighted by atomic mass is 10.1. The van der Waals surface area contributed by atoms with Gasteiger partial charge in [-0.3, -0.25) is 9.59 Å². The van der Waals surface area contributed by atoms with Crippen LogP contribution in [-0.4, -0.2) is 40.8 Å². The van der Waals surface area contributed by atoms with Gasteiger partial charge in [-0.25, -0.2) is 4.98 Å². The number of nitrogens with zero attached hydrogens (tertiary/aromatic N) is 2. The average Bonchev–Trinajstić information content (AvgIpc) is 3.51. The maximum atomic E-state index is 13.1. The molecule has 2 atom stereocenters. The van der Waals surface area contributed by atoms with Gasteiger partial charge < -0.3 is 14.6 Å². The van der Waals surface area contributed by atoms with E-state index in [1.807, 2.05) is 85.9 Å². The number of para-hydroxylation sites is 2. The summed E-state index contributed by atoms with van der Waals surface area (Å²) in [6.07, 6.45) is 2.47. The van der Waals surface area contributed by atoms with Gasteiger partial charge in [-0.2, -0.15) is 0 Å². The van der Waals surface area contributed by atoms with E-state index in [-0.39, 0.29) is 23.9 Å². The van der Waals surface area contributed by atoms with Gasteiger partial charge in [-0.05, 0) is 67.8 Å². The molecule has 5 rings (SSSR count). The van der Waals surface area contributed by atoms with Gasteiger partial charge >= 0.3 is 0 Å². The smallest absolute Gasteiger partial charge is 0.253 e. The molecule has 0 bridgehead atoms. The standard InChI is InChI=1S/C27H25N3O3/c1-30(22-16-15-21(17-22)28-25(31)18-7-3-2-4-8-18)27(32)20-13-11-19(12-14-20)26-29-23-9-5-6-10-24(23)33-26/h2-14,21-22H,15-17H2,1H3,(H,28,31)/t21-,22+/m0/s1. The van der Waals surface area contributed by atoms with Crippen LogP contribution in [0.1, 0.15) is 40.0 Å². The number of carbonyl (C=O) groups is 2. The number of amides is 2. The molecule has 1 N–H and O–H groups in total. The molecule has 0 unspecified atom stereocenters. The van der Waals surface area contributed by atoms with Crippen molar-refractivity contribution >= 4 is 22.9 Å². The van der Waals surface area contributed by atoms with Crippen molar-refractivity contribution in [1.82, 2.24) is 15.2 Å². The van der Waals surface area contributed by atoms with Crippen molar-refractivity contribution in [1.29, 1.82) is 0 Å². The number of oxazole rings is 1. The first-order valence-corrected chi connectivity index (χ1v) is 11.2. The summed E-state index contributed by atoms with van der Waals surface area (Å²) in [7, 11) is 1.84. The highest BCUT2D eigenvalue weighted by molar-refractivity contribution is 5.95. The number of nitrogens with one attached hydrogen (secondary N) is 1. The molecular formula is C27H25N3O3. The van der Waals surface area contributed by atoms with Crippen LogP contribution in [0.2, 0.25) is 0 Å². The van der Waals surface area contributed by atoms with Crippen LogP contribution < -0.4 is 5.32 Å². The molecule has 1 aliphatic carbocycles. The molecule has 0 radical (unpaired) electrons. The van der Waals surface area contributed by atoms with Gasteiger partial charge in [0.1, 0.15) is 5.52 Å². The van der Waals surface area contributed by atoms with E-state index in [1.165, 1.54) is 0 Å². The SMILES string of the molecule is CN(C(=O)c1ccc(-c2nc3ccccc3o2)cc1)[C@@H]1CC[C@H](NC(=O)c2ccccc2)C1. The summed E-state index contributed by atoms with van der Waals surface area (Å²) in [6, 6.07) is 24.4. The van der Waals surface area contributed by atoms with E-state index in [9.17, 15) is 9.59 Å². The van der Waals surface area contributed by atoms with Crippen LogP contribution in [0.4, 0.5) is 0 Å². The van der Waals surface area contributed by atoms with E-state index < -0.39 is 0 Å². The summed E-state index contributed by atoms with van der Waals surface area (Å²) >= 11 is 0. The van der Waals surface area contributed by atoms with Gasteiger partial charge in [0, 0.05) is 35.8 Å². The molecule has 1 heterocycles. The minimum atomic E-state index is -0.0648. The predicted octanol–water partition coefficient (Wildman–Crippen LogP) is 4.92. The topological polar surface area (TPSA) is 75.4 Å². The Balaban J connectivity index is 1.22. The Morgan fingerprint density at radius 3 is 2.39 bits per heavy atom. The van der Waals surface area contributed by atoms with Gasteiger partial charge in [0.25, 0.3) is 11.8 Å². The van der Waals surface area contributed by atoms with E-state index in [0.29, 0.717) is 17.0 Å². The Hall–Kier alpha value is -3.93. The first-order valence-electron chi connectivity index (χ1n) is 11.2. The number of fused-ring (bicyclic) bond motifs is 1. The molecule has 1 fully saturated rings. The Bertz CT molecular complexity index is 1250. The number of hydrogen-bond acceptors (Lipinski definition) is 4. The predicted molar refractivity (Wildman–Crippen MR) is 127 cm³/mol. The molecule has 6 heteroatoms. The van der Waals surface area contributed by atoms with Crippen LogP contribution in [0.5, 0.6) is 0 Å². The van der Waals surface area contributed by atoms with Crippen molar-refractivity contribution in [2.45, 2.75) is 31.3 Å². The molecule has 2 amide bonds. The van der Waals surface area contributed by atoms with Crippen LogP contribution in [0.3, 0.4) is 0 Å². The van der Waals surface area contributed by atoms with Crippen molar-refractivity contribution in [3.8, 4) is 11.5 Å². The van der Waals surface area contributed by atoms with Crippen molar-refractivity contribution in [2.75, 3.05) is 7.05 Å². The number of aromatic nitrogens is 1. The third-order valence-electron chi connectivity index (χ3n) is 6.32. The van der Waals surface area contributed by atoms with Crippen molar-refractivity contribution in [2.24, 2.45) is 0 Å². The van der Waals surface area contributed by atoms with Gasteiger partial charge in [-0.15, -0.1) is 0 Å². The lowest BCUT2D eigenvalue weighted by Crippen LogP contribution is -2.38. The average molecular weight is 440 g/mol. The molecule has 6 nitrogen and oxygen atoms in total. The molecular weight excluding hydrogens is 414 g/mol. The third-order valence-corrected chi connectivity index (χ3v) is 6.32. The van der Waals surface area contributed by atoms with Crippen molar-refractivity contribution < 1.29 is 14.0 Å². The molecule has 1 aliphatic rings. The van der Waals surface area contributed by atoms with E-state index in [4.69, 9.17) is 4.42 Å². The summed E-state index contributed by atoms with van der Waals surface area (Å²) in [5, 5.41) is 3.10. The first kappa shape index (κ1) is 20.9. The maximum Gasteiger partial charge on any atom is 0.253 e. The van der Waals surface area contributed by atoms with Gasteiger partial charge in [0.05, 0.1) is 0 Å². The van der Waals surface area contributed by atoms with Crippen LogP contribution in [-0.2, 0) is 0 Å². The molecule has 0 saturated heterocycles. The van der Waals surface area contributed by atoms with Gasteiger partial charge in [0.2, 0.25) is 5.89 Å². The zero-order valence-corrected chi connectivity index (χ0v) is 18.4. The van der Waals surface area contributed by atoms with Crippen molar-refractivity contribution in [3.63, 3.8) is 0 Å². The molecule has 3 aromatic carbocycles. The number of carbonyl (C=O) groups excluding carboxylic acids is 2. The normalized spacial score (nSPS) is 17.7. The summed E-state index contributed by atoms with van der Waals surface area (Å²) in [5.41, 5.74) is 3.65. The van der Waals surface area contributed by atoms with Crippen LogP contribution >= 0.6 is 0 Å². The van der Waals surface area contributed by atoms with E-state index in [1.54, 1.807) is 4.90 Å². The fourth-order valence-electron chi connectivity index (χ4n) is 4.42. The lowest BCUT2D eigenvalue weighted by molar-refractivity contribution is 0.0733. The summed E-state index contributed by atoms with van der Waals surface area (Å²) in [4.78, 5) is 31.8. The highest BCUT2D eigenvalue weighted by Crippen LogP contribution is 2.27. The fraction of sp³-hybridized carbons (Fsp3) is 0.222. The van der Waals surface area contributed by atoms with E-state index in [2.05, 4.69) is 10.3 Å². The Morgan fingerprint density at radius 2 is 1.64 bits per heavy atom. The lowest BCUT2D eigenvalue weighted by Gasteiger charge is -2.25. The number of benzene rings is 3. The molecule has 1 saturated carbocycles. The summed E-state index contributed by atoms with van der Waals surface area (Å²) in [5.74, 6) is 0.445. The van der Waals surface area contributed by atoms with Crippen molar-refractivity contribution in [3.05, 3.63) is 90.0 Å². The summed E-state index contributed by atoms with van der Waals surface area (Å²) in [6.45, 7) is 0. The molecule has 0 aliphatic heterocycles. The van der Waals surface area contributed by atoms with Gasteiger partial charge in [0.15, 0.2) is 5.58 Å². The largest absolute Gasteiger partial charge is 0.436 e. The minimum Gasteiger partial charge on any atom is -0.436 e. The maximum absolute atomic E-state index is 13.1. The molecule has 1 aromatic heterocycles. The van der Waals surface area contributed by atoms with Gasteiger partial charge in [-0.1, -0.05) is 30.3 Å². The van der Waals surface area contributed by atoms with Crippen LogP contribution in [0, 0.1) is 0 Å². The Kier molecular flexibility index (Phi) is 5.65. The van der Waals surface area contributed by atoms with E-state index in [0.717, 1.165) is 35.9 Å². The molecule has 0 spiro atoms. The zero-order valence-electron chi connectivity index (χ0n) is 18.4. The quantitative estimate of drug-likeness (QED) is 0.479. The summed E-state index contributed by atoms with van der Waals surface area (Å²) < 4.78 is 5.82. The fourth-order valence-corrected chi connectivity index (χ4v) is 4.42. The van der Waals surface area contributed by atoms with Crippen LogP contribution in [0.25, 0.3) is 22.6 Å². The van der Waals surface area contributed by atoms with Crippen LogP contribution in [0.15, 0.2) is 83.3 Å². The molecule has 4 aromatic rings. The molecule has 166 valence electrons.